The number of carboxylic acids is 1. The summed E-state index contributed by atoms with van der Waals surface area (Å²) in [5.74, 6) is -0.212. The molecule has 0 spiro atoms. The van der Waals surface area contributed by atoms with Crippen molar-refractivity contribution in [3.05, 3.63) is 73.7 Å². The monoisotopic (exact) mass is 504 g/mol. The lowest BCUT2D eigenvalue weighted by Gasteiger charge is -2.10. The molecule has 1 amide bonds. The number of aryl methyl sites for hydroxylation is 2. The summed E-state index contributed by atoms with van der Waals surface area (Å²) in [6.45, 7) is 2.40. The van der Waals surface area contributed by atoms with E-state index in [2.05, 4.69) is 10.3 Å². The fourth-order valence-electron chi connectivity index (χ4n) is 3.98. The lowest BCUT2D eigenvalue weighted by Crippen LogP contribution is -2.11. The zero-order valence-corrected chi connectivity index (χ0v) is 20.2. The third-order valence-corrected chi connectivity index (χ3v) is 7.31. The average molecular weight is 505 g/mol. The number of carboxylic acid groups (broad SMARTS) is 1. The molecule has 6 nitrogen and oxygen atoms in total. The molecular formula is C24H22Cl2N2O4S. The Morgan fingerprint density at radius 2 is 2.03 bits per heavy atom. The van der Waals surface area contributed by atoms with Crippen LogP contribution in [0.2, 0.25) is 10.0 Å². The van der Waals surface area contributed by atoms with Gasteiger partial charge in [0.1, 0.15) is 5.75 Å². The molecule has 1 aliphatic carbocycles. The maximum absolute atomic E-state index is 12.5. The second-order valence-corrected chi connectivity index (χ2v) is 9.92. The lowest BCUT2D eigenvalue weighted by molar-refractivity contribution is -0.137. The first-order valence-electron chi connectivity index (χ1n) is 10.5. The molecule has 0 saturated carbocycles. The Kier molecular flexibility index (Phi) is 7.22. The Morgan fingerprint density at radius 1 is 1.21 bits per heavy atom. The van der Waals surface area contributed by atoms with Gasteiger partial charge in [-0.1, -0.05) is 29.3 Å². The van der Waals surface area contributed by atoms with Crippen molar-refractivity contribution in [3.8, 4) is 5.75 Å². The number of hydrogen-bond acceptors (Lipinski definition) is 5. The van der Waals surface area contributed by atoms with Gasteiger partial charge in [-0.3, -0.25) is 14.9 Å². The molecule has 0 radical (unpaired) electrons. The smallest absolute Gasteiger partial charge is 0.303 e. The maximum Gasteiger partial charge on any atom is 0.303 e. The molecule has 0 saturated heterocycles. The van der Waals surface area contributed by atoms with Gasteiger partial charge in [0, 0.05) is 16.9 Å². The number of aromatic nitrogens is 1. The predicted molar refractivity (Wildman–Crippen MR) is 130 cm³/mol. The third kappa shape index (κ3) is 5.66. The van der Waals surface area contributed by atoms with Crippen molar-refractivity contribution in [2.75, 3.05) is 11.9 Å². The molecule has 0 unspecified atom stereocenters. The second kappa shape index (κ2) is 10.1. The molecule has 9 heteroatoms. The normalized spacial score (nSPS) is 14.7. The molecule has 2 aromatic carbocycles. The van der Waals surface area contributed by atoms with Crippen LogP contribution in [0.1, 0.15) is 50.8 Å². The predicted octanol–water partition coefficient (Wildman–Crippen LogP) is 6.14. The van der Waals surface area contributed by atoms with Crippen LogP contribution >= 0.6 is 34.5 Å². The van der Waals surface area contributed by atoms with Gasteiger partial charge in [-0.15, -0.1) is 11.3 Å². The second-order valence-electron chi connectivity index (χ2n) is 7.90. The quantitative estimate of drug-likeness (QED) is 0.384. The molecule has 0 fully saturated rings. The van der Waals surface area contributed by atoms with Gasteiger partial charge in [0.15, 0.2) is 5.13 Å². The van der Waals surface area contributed by atoms with Gasteiger partial charge in [0.2, 0.25) is 0 Å². The van der Waals surface area contributed by atoms with E-state index < -0.39 is 5.97 Å². The van der Waals surface area contributed by atoms with Crippen LogP contribution < -0.4 is 10.1 Å². The maximum atomic E-state index is 12.5. The van der Waals surface area contributed by atoms with Crippen LogP contribution in [-0.2, 0) is 17.6 Å². The van der Waals surface area contributed by atoms with Gasteiger partial charge < -0.3 is 9.84 Å². The van der Waals surface area contributed by atoms with Gasteiger partial charge in [-0.25, -0.2) is 4.98 Å². The van der Waals surface area contributed by atoms with Crippen molar-refractivity contribution >= 4 is 51.5 Å². The fourth-order valence-corrected chi connectivity index (χ4v) is 5.13. The van der Waals surface area contributed by atoms with Crippen molar-refractivity contribution in [1.29, 1.82) is 0 Å². The van der Waals surface area contributed by atoms with Crippen molar-refractivity contribution < 1.29 is 19.4 Å². The fraction of sp³-hybridized carbons (Fsp3) is 0.292. The number of benzene rings is 2. The minimum atomic E-state index is -0.765. The number of carbonyl (C=O) groups excluding carboxylic acids is 1. The SMILES string of the molecule is Cc1sc(NC(=O)c2ccc(Cl)c(Cl)c2)nc1CCOc1ccc2c(c1)CC[C@H]2CC(=O)O. The summed E-state index contributed by atoms with van der Waals surface area (Å²) in [7, 11) is 0. The van der Waals surface area contributed by atoms with Crippen molar-refractivity contribution in [1.82, 2.24) is 4.98 Å². The Balaban J connectivity index is 1.33. The Morgan fingerprint density at radius 3 is 2.79 bits per heavy atom. The summed E-state index contributed by atoms with van der Waals surface area (Å²) in [5, 5.41) is 13.1. The van der Waals surface area contributed by atoms with Crippen LogP contribution in [0.15, 0.2) is 36.4 Å². The average Bonchev–Trinajstić information content (AvgIpc) is 3.32. The minimum absolute atomic E-state index is 0.0849. The standard InChI is InChI=1S/C24H22Cl2N2O4S/c1-13-21(27-24(33-13)28-23(31)16-4-7-19(25)20(26)11-16)8-9-32-17-5-6-18-14(10-17)2-3-15(18)12-22(29)30/h4-7,10-11,15H,2-3,8-9,12H2,1H3,(H,29,30)(H,27,28,31)/t15-/m0/s1. The zero-order valence-electron chi connectivity index (χ0n) is 17.9. The number of hydrogen-bond donors (Lipinski definition) is 2. The Hall–Kier alpha value is -2.61. The van der Waals surface area contributed by atoms with Crippen LogP contribution in [0.5, 0.6) is 5.75 Å². The largest absolute Gasteiger partial charge is 0.493 e. The summed E-state index contributed by atoms with van der Waals surface area (Å²) in [6.07, 6.45) is 2.50. The highest BCUT2D eigenvalue weighted by atomic mass is 35.5. The van der Waals surface area contributed by atoms with Gasteiger partial charge in [0.05, 0.1) is 28.8 Å². The van der Waals surface area contributed by atoms with Crippen molar-refractivity contribution in [2.24, 2.45) is 0 Å². The van der Waals surface area contributed by atoms with E-state index in [0.29, 0.717) is 33.8 Å². The van der Waals surface area contributed by atoms with Crippen molar-refractivity contribution in [3.63, 3.8) is 0 Å². The van der Waals surface area contributed by atoms with E-state index in [0.717, 1.165) is 40.3 Å². The van der Waals surface area contributed by atoms with Crippen LogP contribution in [0.3, 0.4) is 0 Å². The number of aliphatic carboxylic acids is 1. The molecule has 1 aromatic heterocycles. The zero-order chi connectivity index (χ0) is 23.5. The Labute approximate surface area is 205 Å². The highest BCUT2D eigenvalue weighted by Crippen LogP contribution is 2.37. The first-order chi connectivity index (χ1) is 15.8. The number of halogens is 2. The minimum Gasteiger partial charge on any atom is -0.493 e. The number of amides is 1. The third-order valence-electron chi connectivity index (χ3n) is 5.64. The number of fused-ring (bicyclic) bond motifs is 1. The summed E-state index contributed by atoms with van der Waals surface area (Å²) in [5.41, 5.74) is 3.55. The highest BCUT2D eigenvalue weighted by Gasteiger charge is 2.25. The molecule has 1 heterocycles. The number of ether oxygens (including phenoxy) is 1. The molecule has 4 rings (SSSR count). The molecular weight excluding hydrogens is 483 g/mol. The van der Waals surface area contributed by atoms with E-state index in [1.807, 2.05) is 25.1 Å². The number of carbonyl (C=O) groups is 2. The van der Waals surface area contributed by atoms with Gasteiger partial charge >= 0.3 is 5.97 Å². The van der Waals surface area contributed by atoms with E-state index in [-0.39, 0.29) is 18.2 Å². The summed E-state index contributed by atoms with van der Waals surface area (Å²) in [6, 6.07) is 10.6. The van der Waals surface area contributed by atoms with Gasteiger partial charge in [-0.05, 0) is 67.1 Å². The molecule has 0 bridgehead atoms. The van der Waals surface area contributed by atoms with E-state index in [1.54, 1.807) is 12.1 Å². The van der Waals surface area contributed by atoms with Gasteiger partial charge in [0.25, 0.3) is 5.91 Å². The van der Waals surface area contributed by atoms with Crippen molar-refractivity contribution in [2.45, 2.75) is 38.5 Å². The summed E-state index contributed by atoms with van der Waals surface area (Å²) >= 11 is 13.3. The number of anilines is 1. The molecule has 1 atom stereocenters. The number of rotatable bonds is 8. The van der Waals surface area contributed by atoms with Gasteiger partial charge in [-0.2, -0.15) is 0 Å². The van der Waals surface area contributed by atoms with E-state index in [4.69, 9.17) is 33.0 Å². The van der Waals surface area contributed by atoms with E-state index >= 15 is 0 Å². The number of thiazole rings is 1. The topological polar surface area (TPSA) is 88.5 Å². The molecule has 33 heavy (non-hydrogen) atoms. The first kappa shape index (κ1) is 23.5. The summed E-state index contributed by atoms with van der Waals surface area (Å²) < 4.78 is 5.92. The van der Waals surface area contributed by atoms with Crippen LogP contribution in [-0.4, -0.2) is 28.6 Å². The molecule has 3 aromatic rings. The molecule has 1 aliphatic rings. The number of nitrogens with one attached hydrogen (secondary N) is 1. The highest BCUT2D eigenvalue weighted by molar-refractivity contribution is 7.15. The number of nitrogens with zero attached hydrogens (tertiary/aromatic N) is 1. The Bertz CT molecular complexity index is 1210. The molecule has 2 N–H and O–H groups in total. The van der Waals surface area contributed by atoms with Crippen LogP contribution in [0.4, 0.5) is 5.13 Å². The lowest BCUT2D eigenvalue weighted by atomic mass is 9.98. The summed E-state index contributed by atoms with van der Waals surface area (Å²) in [4.78, 5) is 29.0. The van der Waals surface area contributed by atoms with E-state index in [1.165, 1.54) is 17.4 Å². The molecule has 172 valence electrons. The van der Waals surface area contributed by atoms with Crippen LogP contribution in [0, 0.1) is 6.92 Å². The first-order valence-corrected chi connectivity index (χ1v) is 12.1. The molecule has 0 aliphatic heterocycles. The van der Waals surface area contributed by atoms with E-state index in [9.17, 15) is 9.59 Å². The van der Waals surface area contributed by atoms with Crippen LogP contribution in [0.25, 0.3) is 0 Å².